The van der Waals surface area contributed by atoms with Gasteiger partial charge in [-0.2, -0.15) is 5.10 Å². The molecule has 0 amide bonds. The van der Waals surface area contributed by atoms with Crippen LogP contribution in [0.25, 0.3) is 0 Å². The number of nitrogens with zero attached hydrogens (tertiary/aromatic N) is 3. The van der Waals surface area contributed by atoms with Gasteiger partial charge in [-0.05, 0) is 25.1 Å². The van der Waals surface area contributed by atoms with E-state index in [0.717, 1.165) is 22.2 Å². The number of hydrogen-bond donors (Lipinski definition) is 1. The summed E-state index contributed by atoms with van der Waals surface area (Å²) in [6.07, 6.45) is 1.76. The molecular formula is C11H14N4S. The lowest BCUT2D eigenvalue weighted by molar-refractivity contribution is 0.727. The fourth-order valence-corrected chi connectivity index (χ4v) is 2.39. The number of aryl methyl sites for hydroxylation is 2. The van der Waals surface area contributed by atoms with Gasteiger partial charge in [-0.1, -0.05) is 11.8 Å². The average Bonchev–Trinajstić information content (AvgIpc) is 2.56. The van der Waals surface area contributed by atoms with Gasteiger partial charge in [0.2, 0.25) is 0 Å². The van der Waals surface area contributed by atoms with Crippen molar-refractivity contribution in [3.8, 4) is 0 Å². The third-order valence-corrected chi connectivity index (χ3v) is 3.31. The van der Waals surface area contributed by atoms with Gasteiger partial charge in [-0.3, -0.25) is 4.68 Å². The van der Waals surface area contributed by atoms with E-state index in [1.807, 2.05) is 30.8 Å². The molecule has 0 aliphatic carbocycles. The SMILES string of the molecule is Cc1cc(CSc2ncccc2N)n(C)n1. The number of hydrogen-bond acceptors (Lipinski definition) is 4. The molecule has 0 unspecified atom stereocenters. The van der Waals surface area contributed by atoms with Gasteiger partial charge in [0, 0.05) is 24.7 Å². The number of aromatic nitrogens is 3. The largest absolute Gasteiger partial charge is 0.397 e. The van der Waals surface area contributed by atoms with Crippen LogP contribution in [0, 0.1) is 6.92 Å². The van der Waals surface area contributed by atoms with E-state index >= 15 is 0 Å². The van der Waals surface area contributed by atoms with Crippen molar-refractivity contribution in [1.29, 1.82) is 0 Å². The summed E-state index contributed by atoms with van der Waals surface area (Å²) >= 11 is 1.63. The van der Waals surface area contributed by atoms with Crippen molar-refractivity contribution in [3.05, 3.63) is 35.8 Å². The van der Waals surface area contributed by atoms with Crippen LogP contribution < -0.4 is 5.73 Å². The Bertz CT molecular complexity index is 492. The minimum atomic E-state index is 0.728. The Balaban J connectivity index is 2.08. The maximum atomic E-state index is 5.82. The molecule has 2 heterocycles. The van der Waals surface area contributed by atoms with E-state index in [2.05, 4.69) is 16.1 Å². The summed E-state index contributed by atoms with van der Waals surface area (Å²) in [5.74, 6) is 0.832. The van der Waals surface area contributed by atoms with Gasteiger partial charge in [-0.15, -0.1) is 0 Å². The number of anilines is 1. The van der Waals surface area contributed by atoms with E-state index in [1.54, 1.807) is 18.0 Å². The van der Waals surface area contributed by atoms with Crippen molar-refractivity contribution in [1.82, 2.24) is 14.8 Å². The van der Waals surface area contributed by atoms with E-state index in [4.69, 9.17) is 5.73 Å². The topological polar surface area (TPSA) is 56.7 Å². The third kappa shape index (κ3) is 2.36. The van der Waals surface area contributed by atoms with Gasteiger partial charge in [0.1, 0.15) is 5.03 Å². The Labute approximate surface area is 98.9 Å². The Kier molecular flexibility index (Phi) is 3.14. The van der Waals surface area contributed by atoms with Crippen molar-refractivity contribution in [2.45, 2.75) is 17.7 Å². The molecule has 0 spiro atoms. The second-order valence-corrected chi connectivity index (χ2v) is 4.55. The summed E-state index contributed by atoms with van der Waals surface area (Å²) in [5.41, 5.74) is 8.76. The smallest absolute Gasteiger partial charge is 0.119 e. The predicted octanol–water partition coefficient (Wildman–Crippen LogP) is 2.00. The molecule has 0 atom stereocenters. The zero-order valence-electron chi connectivity index (χ0n) is 9.34. The molecular weight excluding hydrogens is 220 g/mol. The maximum absolute atomic E-state index is 5.82. The van der Waals surface area contributed by atoms with E-state index in [1.165, 1.54) is 5.69 Å². The molecule has 2 rings (SSSR count). The van der Waals surface area contributed by atoms with Gasteiger partial charge >= 0.3 is 0 Å². The number of pyridine rings is 1. The molecule has 0 saturated heterocycles. The minimum Gasteiger partial charge on any atom is -0.397 e. The van der Waals surface area contributed by atoms with Crippen LogP contribution in [0.2, 0.25) is 0 Å². The maximum Gasteiger partial charge on any atom is 0.119 e. The van der Waals surface area contributed by atoms with Crippen LogP contribution in [0.1, 0.15) is 11.4 Å². The monoisotopic (exact) mass is 234 g/mol. The predicted molar refractivity (Wildman–Crippen MR) is 66.2 cm³/mol. The Morgan fingerprint density at radius 2 is 2.31 bits per heavy atom. The van der Waals surface area contributed by atoms with Crippen molar-refractivity contribution in [3.63, 3.8) is 0 Å². The van der Waals surface area contributed by atoms with Crippen LogP contribution in [0.4, 0.5) is 5.69 Å². The molecule has 0 aliphatic heterocycles. The normalized spacial score (nSPS) is 10.6. The first-order valence-electron chi connectivity index (χ1n) is 4.99. The summed E-state index contributed by atoms with van der Waals surface area (Å²) in [6, 6.07) is 5.78. The van der Waals surface area contributed by atoms with Crippen LogP contribution in [-0.2, 0) is 12.8 Å². The van der Waals surface area contributed by atoms with Crippen molar-refractivity contribution in [2.75, 3.05) is 5.73 Å². The summed E-state index contributed by atoms with van der Waals surface area (Å²) in [7, 11) is 1.95. The van der Waals surface area contributed by atoms with E-state index < -0.39 is 0 Å². The van der Waals surface area contributed by atoms with E-state index in [9.17, 15) is 0 Å². The lowest BCUT2D eigenvalue weighted by atomic mass is 10.4. The highest BCUT2D eigenvalue weighted by molar-refractivity contribution is 7.98. The first-order chi connectivity index (χ1) is 7.66. The number of nitrogen functional groups attached to an aromatic ring is 1. The first kappa shape index (κ1) is 11.0. The second-order valence-electron chi connectivity index (χ2n) is 3.59. The molecule has 16 heavy (non-hydrogen) atoms. The summed E-state index contributed by atoms with van der Waals surface area (Å²) in [6.45, 7) is 1.99. The Morgan fingerprint density at radius 3 is 2.94 bits per heavy atom. The average molecular weight is 234 g/mol. The zero-order chi connectivity index (χ0) is 11.5. The van der Waals surface area contributed by atoms with Gasteiger partial charge in [0.05, 0.1) is 11.4 Å². The van der Waals surface area contributed by atoms with Crippen LogP contribution in [-0.4, -0.2) is 14.8 Å². The molecule has 0 saturated carbocycles. The number of rotatable bonds is 3. The van der Waals surface area contributed by atoms with E-state index in [-0.39, 0.29) is 0 Å². The van der Waals surface area contributed by atoms with Crippen LogP contribution in [0.15, 0.2) is 29.4 Å². The number of nitrogens with two attached hydrogens (primary N) is 1. The van der Waals surface area contributed by atoms with Gasteiger partial charge in [-0.25, -0.2) is 4.98 Å². The van der Waals surface area contributed by atoms with Crippen molar-refractivity contribution in [2.24, 2.45) is 7.05 Å². The van der Waals surface area contributed by atoms with Crippen LogP contribution in [0.3, 0.4) is 0 Å². The minimum absolute atomic E-state index is 0.728. The molecule has 0 fully saturated rings. The Morgan fingerprint density at radius 1 is 1.50 bits per heavy atom. The number of thioether (sulfide) groups is 1. The molecule has 2 aromatic rings. The van der Waals surface area contributed by atoms with E-state index in [0.29, 0.717) is 0 Å². The summed E-state index contributed by atoms with van der Waals surface area (Å²) in [4.78, 5) is 4.24. The molecule has 0 aromatic carbocycles. The van der Waals surface area contributed by atoms with Crippen molar-refractivity contribution < 1.29 is 0 Å². The third-order valence-electron chi connectivity index (χ3n) is 2.26. The molecule has 2 aromatic heterocycles. The zero-order valence-corrected chi connectivity index (χ0v) is 10.2. The summed E-state index contributed by atoms with van der Waals surface area (Å²) < 4.78 is 1.89. The highest BCUT2D eigenvalue weighted by atomic mass is 32.2. The quantitative estimate of drug-likeness (QED) is 0.825. The first-order valence-corrected chi connectivity index (χ1v) is 5.98. The fraction of sp³-hybridized carbons (Fsp3) is 0.273. The molecule has 0 radical (unpaired) electrons. The molecule has 2 N–H and O–H groups in total. The molecule has 84 valence electrons. The summed E-state index contributed by atoms with van der Waals surface area (Å²) in [5, 5.41) is 5.17. The Hall–Kier alpha value is -1.49. The molecule has 5 heteroatoms. The highest BCUT2D eigenvalue weighted by Crippen LogP contribution is 2.25. The highest BCUT2D eigenvalue weighted by Gasteiger charge is 2.05. The molecule has 0 aliphatic rings. The van der Waals surface area contributed by atoms with Crippen LogP contribution >= 0.6 is 11.8 Å². The van der Waals surface area contributed by atoms with Crippen LogP contribution in [0.5, 0.6) is 0 Å². The second kappa shape index (κ2) is 4.57. The van der Waals surface area contributed by atoms with Gasteiger partial charge < -0.3 is 5.73 Å². The molecule has 4 nitrogen and oxygen atoms in total. The lowest BCUT2D eigenvalue weighted by Gasteiger charge is -2.03. The standard InChI is InChI=1S/C11H14N4S/c1-8-6-9(15(2)14-8)7-16-11-10(12)4-3-5-13-11/h3-6H,7,12H2,1-2H3. The van der Waals surface area contributed by atoms with Gasteiger partial charge in [0.15, 0.2) is 0 Å². The fourth-order valence-electron chi connectivity index (χ4n) is 1.47. The molecule has 0 bridgehead atoms. The van der Waals surface area contributed by atoms with Gasteiger partial charge in [0.25, 0.3) is 0 Å². The van der Waals surface area contributed by atoms with Crippen molar-refractivity contribution >= 4 is 17.4 Å². The lowest BCUT2D eigenvalue weighted by Crippen LogP contribution is -1.97.